The van der Waals surface area contributed by atoms with Crippen molar-refractivity contribution in [2.75, 3.05) is 29.4 Å². The van der Waals surface area contributed by atoms with Crippen molar-refractivity contribution in [2.45, 2.75) is 19.9 Å². The van der Waals surface area contributed by atoms with Gasteiger partial charge in [-0.2, -0.15) is 0 Å². The van der Waals surface area contributed by atoms with Gasteiger partial charge in [-0.1, -0.05) is 66.2 Å². The Hall–Kier alpha value is -4.12. The molecule has 174 valence electrons. The molecule has 1 atom stereocenters. The summed E-state index contributed by atoms with van der Waals surface area (Å²) >= 11 is 0. The van der Waals surface area contributed by atoms with Crippen LogP contribution in [0.3, 0.4) is 0 Å². The van der Waals surface area contributed by atoms with Gasteiger partial charge in [0.25, 0.3) is 0 Å². The zero-order chi connectivity index (χ0) is 23.8. The molecule has 2 aromatic heterocycles. The molecule has 3 heterocycles. The molecule has 0 aliphatic carbocycles. The van der Waals surface area contributed by atoms with Crippen LogP contribution in [0.4, 0.5) is 11.5 Å². The Morgan fingerprint density at radius 1 is 0.771 bits per heavy atom. The smallest absolute Gasteiger partial charge is 0.150 e. The highest BCUT2D eigenvalue weighted by atomic mass is 15.3. The first-order valence-corrected chi connectivity index (χ1v) is 12.2. The molecule has 1 aliphatic heterocycles. The van der Waals surface area contributed by atoms with E-state index < -0.39 is 0 Å². The van der Waals surface area contributed by atoms with Gasteiger partial charge in [-0.3, -0.25) is 0 Å². The maximum atomic E-state index is 4.85. The van der Waals surface area contributed by atoms with E-state index in [9.17, 15) is 0 Å². The van der Waals surface area contributed by atoms with E-state index in [0.29, 0.717) is 6.04 Å². The average Bonchev–Trinajstić information content (AvgIpc) is 3.30. The minimum Gasteiger partial charge on any atom is -0.365 e. The zero-order valence-electron chi connectivity index (χ0n) is 20.2. The molecule has 6 rings (SSSR count). The Balaban J connectivity index is 1.43. The van der Waals surface area contributed by atoms with Gasteiger partial charge < -0.3 is 14.4 Å². The molecule has 0 amide bonds. The second-order valence-electron chi connectivity index (χ2n) is 9.33. The second-order valence-corrected chi connectivity index (χ2v) is 9.33. The fourth-order valence-corrected chi connectivity index (χ4v) is 5.18. The monoisotopic (exact) mass is 459 g/mol. The number of aryl methyl sites for hydroxylation is 1. The van der Waals surface area contributed by atoms with Crippen LogP contribution < -0.4 is 9.80 Å². The molecular formula is C30H29N5. The van der Waals surface area contributed by atoms with Crippen LogP contribution in [0, 0.1) is 6.92 Å². The van der Waals surface area contributed by atoms with Gasteiger partial charge in [0, 0.05) is 48.8 Å². The summed E-state index contributed by atoms with van der Waals surface area (Å²) < 4.78 is 2.19. The zero-order valence-corrected chi connectivity index (χ0v) is 20.2. The summed E-state index contributed by atoms with van der Waals surface area (Å²) in [6, 6.07) is 30.2. The van der Waals surface area contributed by atoms with Gasteiger partial charge in [0.15, 0.2) is 5.65 Å². The minimum atomic E-state index is 0.368. The molecule has 5 nitrogen and oxygen atoms in total. The predicted octanol–water partition coefficient (Wildman–Crippen LogP) is 6.11. The lowest BCUT2D eigenvalue weighted by Crippen LogP contribution is -2.52. The van der Waals surface area contributed by atoms with Crippen molar-refractivity contribution in [3.8, 4) is 16.8 Å². The molecular weight excluding hydrogens is 430 g/mol. The van der Waals surface area contributed by atoms with Crippen LogP contribution in [0.1, 0.15) is 12.5 Å². The van der Waals surface area contributed by atoms with Crippen LogP contribution in [0.15, 0.2) is 97.5 Å². The summed E-state index contributed by atoms with van der Waals surface area (Å²) in [5, 5.41) is 1.11. The highest BCUT2D eigenvalue weighted by molar-refractivity contribution is 6.02. The molecule has 5 aromatic rings. The van der Waals surface area contributed by atoms with Gasteiger partial charge in [-0.15, -0.1) is 0 Å². The number of anilines is 2. The molecule has 1 fully saturated rings. The lowest BCUT2D eigenvalue weighted by Gasteiger charge is -2.42. The van der Waals surface area contributed by atoms with E-state index in [1.54, 1.807) is 6.33 Å². The Morgan fingerprint density at radius 3 is 2.20 bits per heavy atom. The number of benzene rings is 3. The van der Waals surface area contributed by atoms with Crippen molar-refractivity contribution in [1.29, 1.82) is 0 Å². The van der Waals surface area contributed by atoms with Crippen molar-refractivity contribution in [3.63, 3.8) is 0 Å². The van der Waals surface area contributed by atoms with Crippen LogP contribution in [-0.2, 0) is 0 Å². The van der Waals surface area contributed by atoms with Crippen molar-refractivity contribution in [3.05, 3.63) is 103 Å². The average molecular weight is 460 g/mol. The van der Waals surface area contributed by atoms with Crippen LogP contribution in [0.25, 0.3) is 27.8 Å². The van der Waals surface area contributed by atoms with Crippen LogP contribution in [-0.4, -0.2) is 40.2 Å². The normalized spacial score (nSPS) is 16.1. The van der Waals surface area contributed by atoms with Crippen molar-refractivity contribution < 1.29 is 0 Å². The Morgan fingerprint density at radius 2 is 1.49 bits per heavy atom. The molecule has 0 spiro atoms. The maximum absolute atomic E-state index is 4.85. The molecule has 0 N–H and O–H groups in total. The van der Waals surface area contributed by atoms with Crippen molar-refractivity contribution >= 4 is 22.5 Å². The van der Waals surface area contributed by atoms with Gasteiger partial charge >= 0.3 is 0 Å². The lowest BCUT2D eigenvalue weighted by atomic mass is 10.1. The first-order valence-electron chi connectivity index (χ1n) is 12.2. The molecule has 35 heavy (non-hydrogen) atoms. The van der Waals surface area contributed by atoms with E-state index in [0.717, 1.165) is 47.7 Å². The van der Waals surface area contributed by atoms with E-state index >= 15 is 0 Å². The number of rotatable bonds is 4. The van der Waals surface area contributed by atoms with Gasteiger partial charge in [-0.05, 0) is 43.7 Å². The second kappa shape index (κ2) is 8.91. The number of hydrogen-bond acceptors (Lipinski definition) is 4. The van der Waals surface area contributed by atoms with E-state index in [1.807, 2.05) is 6.07 Å². The number of hydrogen-bond donors (Lipinski definition) is 0. The third-order valence-electron chi connectivity index (χ3n) is 6.97. The third kappa shape index (κ3) is 3.93. The summed E-state index contributed by atoms with van der Waals surface area (Å²) in [6.07, 6.45) is 3.92. The highest BCUT2D eigenvalue weighted by Gasteiger charge is 2.28. The summed E-state index contributed by atoms with van der Waals surface area (Å²) in [6.45, 7) is 7.21. The number of nitrogens with zero attached hydrogens (tertiary/aromatic N) is 5. The topological polar surface area (TPSA) is 37.2 Å². The van der Waals surface area contributed by atoms with Gasteiger partial charge in [0.2, 0.25) is 0 Å². The quantitative estimate of drug-likeness (QED) is 0.325. The molecule has 1 saturated heterocycles. The number of fused-ring (bicyclic) bond motifs is 1. The standard InChI is InChI=1S/C30H29N5/c1-22-13-15-26(16-14-22)34-18-17-33(19-23(34)2)29-28-27(24-9-5-3-6-10-24)20-35(30(28)32-21-31-29)25-11-7-4-8-12-25/h3-16,20-21,23H,17-19H2,1-2H3/t23-/m0/s1. The Bertz CT molecular complexity index is 1440. The predicted molar refractivity (Wildman–Crippen MR) is 145 cm³/mol. The van der Waals surface area contributed by atoms with Gasteiger partial charge in [0.05, 0.1) is 5.39 Å². The summed E-state index contributed by atoms with van der Waals surface area (Å²) in [7, 11) is 0. The van der Waals surface area contributed by atoms with Gasteiger partial charge in [0.1, 0.15) is 12.1 Å². The van der Waals surface area contributed by atoms with Crippen molar-refractivity contribution in [2.24, 2.45) is 0 Å². The molecule has 0 radical (unpaired) electrons. The summed E-state index contributed by atoms with van der Waals surface area (Å²) in [5.41, 5.74) is 6.95. The van der Waals surface area contributed by atoms with Gasteiger partial charge in [-0.25, -0.2) is 9.97 Å². The van der Waals surface area contributed by atoms with Crippen molar-refractivity contribution in [1.82, 2.24) is 14.5 Å². The molecule has 0 unspecified atom stereocenters. The minimum absolute atomic E-state index is 0.368. The third-order valence-corrected chi connectivity index (χ3v) is 6.97. The van der Waals surface area contributed by atoms with Crippen LogP contribution in [0.5, 0.6) is 0 Å². The first kappa shape index (κ1) is 21.4. The molecule has 0 saturated carbocycles. The Labute approximate surface area is 206 Å². The fourth-order valence-electron chi connectivity index (χ4n) is 5.18. The first-order chi connectivity index (χ1) is 17.2. The maximum Gasteiger partial charge on any atom is 0.150 e. The largest absolute Gasteiger partial charge is 0.365 e. The molecule has 0 bridgehead atoms. The summed E-state index contributed by atoms with van der Waals surface area (Å²) in [4.78, 5) is 14.5. The fraction of sp³-hybridized carbons (Fsp3) is 0.200. The summed E-state index contributed by atoms with van der Waals surface area (Å²) in [5.74, 6) is 1.01. The van der Waals surface area contributed by atoms with E-state index in [2.05, 4.69) is 113 Å². The number of aromatic nitrogens is 3. The lowest BCUT2D eigenvalue weighted by molar-refractivity contribution is 0.548. The number of piperazine rings is 1. The van der Waals surface area contributed by atoms with E-state index in [4.69, 9.17) is 9.97 Å². The van der Waals surface area contributed by atoms with Crippen LogP contribution in [0.2, 0.25) is 0 Å². The SMILES string of the molecule is Cc1ccc(N2CCN(c3ncnc4c3c(-c3ccccc3)cn4-c3ccccc3)C[C@@H]2C)cc1. The Kier molecular flexibility index (Phi) is 5.45. The number of para-hydroxylation sites is 1. The van der Waals surface area contributed by atoms with Crippen LogP contribution >= 0.6 is 0 Å². The molecule has 3 aromatic carbocycles. The van der Waals surface area contributed by atoms with E-state index in [-0.39, 0.29) is 0 Å². The molecule has 1 aliphatic rings. The molecule has 5 heteroatoms. The highest BCUT2D eigenvalue weighted by Crippen LogP contribution is 2.37. The van der Waals surface area contributed by atoms with E-state index in [1.165, 1.54) is 16.8 Å².